The summed E-state index contributed by atoms with van der Waals surface area (Å²) >= 11 is 0. The quantitative estimate of drug-likeness (QED) is 0.197. The lowest BCUT2D eigenvalue weighted by Gasteiger charge is -2.34. The van der Waals surface area contributed by atoms with E-state index in [0.29, 0.717) is 19.4 Å². The summed E-state index contributed by atoms with van der Waals surface area (Å²) in [6.07, 6.45) is 11.0. The Labute approximate surface area is 328 Å². The number of nitrogens with one attached hydrogen (secondary N) is 2. The van der Waals surface area contributed by atoms with Crippen LogP contribution in [-0.2, 0) is 19.1 Å². The highest BCUT2D eigenvalue weighted by Gasteiger charge is 2.52. The van der Waals surface area contributed by atoms with Crippen molar-refractivity contribution in [2.45, 2.75) is 77.9 Å². The Balaban J connectivity index is 0.960. The fraction of sp³-hybridized carbons (Fsp3) is 0.455. The zero-order valence-corrected chi connectivity index (χ0v) is 33.0. The summed E-state index contributed by atoms with van der Waals surface area (Å²) in [6, 6.07) is 16.1. The van der Waals surface area contributed by atoms with Gasteiger partial charge >= 0.3 is 12.2 Å². The summed E-state index contributed by atoms with van der Waals surface area (Å²) in [5.74, 6) is -0.231. The van der Waals surface area contributed by atoms with Gasteiger partial charge in [-0.3, -0.25) is 19.6 Å². The van der Waals surface area contributed by atoms with Crippen LogP contribution in [0.25, 0.3) is 22.3 Å². The van der Waals surface area contributed by atoms with E-state index in [0.717, 1.165) is 64.1 Å². The van der Waals surface area contributed by atoms with Crippen LogP contribution in [0.4, 0.5) is 9.59 Å². The van der Waals surface area contributed by atoms with Gasteiger partial charge in [-0.05, 0) is 84.3 Å². The van der Waals surface area contributed by atoms with Gasteiger partial charge in [-0.2, -0.15) is 0 Å². The number of aliphatic imine (C=N–C) groups is 2. The van der Waals surface area contributed by atoms with Gasteiger partial charge < -0.3 is 19.7 Å². The third kappa shape index (κ3) is 7.66. The lowest BCUT2D eigenvalue weighted by atomic mass is 9.77. The van der Waals surface area contributed by atoms with Crippen molar-refractivity contribution in [1.82, 2.24) is 20.7 Å². The van der Waals surface area contributed by atoms with Crippen LogP contribution in [0.15, 0.2) is 83.1 Å². The molecule has 12 heteroatoms. The Morgan fingerprint density at radius 3 is 1.89 bits per heavy atom. The van der Waals surface area contributed by atoms with Gasteiger partial charge in [0.15, 0.2) is 0 Å². The molecule has 4 amide bonds. The van der Waals surface area contributed by atoms with Gasteiger partial charge in [-0.15, -0.1) is 0 Å². The number of hydrazine groups is 1. The van der Waals surface area contributed by atoms with E-state index in [-0.39, 0.29) is 53.5 Å². The number of alkyl carbamates (subject to hydrolysis) is 1. The topological polar surface area (TPSA) is 142 Å². The normalized spacial score (nSPS) is 24.1. The number of hydrogen-bond donors (Lipinski definition) is 2. The molecule has 2 aromatic carbocycles. The van der Waals surface area contributed by atoms with Gasteiger partial charge in [0.1, 0.15) is 6.04 Å². The van der Waals surface area contributed by atoms with E-state index in [1.807, 2.05) is 45.0 Å². The van der Waals surface area contributed by atoms with Crippen molar-refractivity contribution < 1.29 is 28.7 Å². The third-order valence-corrected chi connectivity index (χ3v) is 12.0. The van der Waals surface area contributed by atoms with E-state index in [4.69, 9.17) is 19.5 Å². The second kappa shape index (κ2) is 16.3. The number of rotatable bonds is 10. The minimum absolute atomic E-state index is 0.0200. The van der Waals surface area contributed by atoms with Gasteiger partial charge in [0.2, 0.25) is 11.8 Å². The predicted octanol–water partition coefficient (Wildman–Crippen LogP) is 7.04. The van der Waals surface area contributed by atoms with Gasteiger partial charge in [0.05, 0.1) is 26.2 Å². The highest BCUT2D eigenvalue weighted by molar-refractivity contribution is 6.04. The van der Waals surface area contributed by atoms with Gasteiger partial charge in [-0.25, -0.2) is 20.0 Å². The number of likely N-dealkylation sites (tertiary alicyclic amines) is 1. The zero-order valence-electron chi connectivity index (χ0n) is 33.0. The second-order valence-corrected chi connectivity index (χ2v) is 16.0. The number of benzene rings is 2. The number of fused-ring (bicyclic) bond motifs is 2. The van der Waals surface area contributed by atoms with Crippen molar-refractivity contribution in [2.75, 3.05) is 20.8 Å². The molecule has 1 saturated heterocycles. The van der Waals surface area contributed by atoms with Crippen LogP contribution < -0.4 is 10.7 Å². The molecule has 7 rings (SSSR count). The molecule has 5 aliphatic rings. The first kappa shape index (κ1) is 38.7. The van der Waals surface area contributed by atoms with Crippen molar-refractivity contribution in [1.29, 1.82) is 0 Å². The van der Waals surface area contributed by atoms with Crippen LogP contribution in [-0.4, -0.2) is 84.2 Å². The van der Waals surface area contributed by atoms with Crippen molar-refractivity contribution in [3.05, 3.63) is 84.2 Å². The van der Waals surface area contributed by atoms with Gasteiger partial charge in [-0.1, -0.05) is 74.5 Å². The standard InChI is InChI=1S/C44H52N6O6/c1-25(2)40(47-43(53)55-5)42(52)49-19-7-8-37(49)35-21-33(23-45-35)29-13-9-27(10-14-29)28-11-15-30(16-12-28)34-22-36(46-24-34)38-31-17-18-32(20-31)39(38)41(51)50(26(3)4)48-44(54)56-6/h9-18,23-26,31-32,37-40H,7-8,19-22H2,1-6H3,(H,47,53)(H,48,54)/t31?,32?,37-,38+,39?,40-/m0/s1. The Kier molecular flexibility index (Phi) is 11.3. The Hall–Kier alpha value is -5.52. The summed E-state index contributed by atoms with van der Waals surface area (Å²) in [5.41, 5.74) is 11.3. The smallest absolute Gasteiger partial charge is 0.425 e. The molecule has 2 bridgehead atoms. The first-order valence-electron chi connectivity index (χ1n) is 19.7. The Morgan fingerprint density at radius 1 is 0.768 bits per heavy atom. The average Bonchev–Trinajstić information content (AvgIpc) is 4.06. The number of carbonyl (C=O) groups is 4. The molecule has 2 aliphatic carbocycles. The maximum atomic E-state index is 13.9. The first-order valence-corrected chi connectivity index (χ1v) is 19.7. The summed E-state index contributed by atoms with van der Waals surface area (Å²) in [5, 5.41) is 4.13. The predicted molar refractivity (Wildman–Crippen MR) is 216 cm³/mol. The third-order valence-electron chi connectivity index (χ3n) is 12.0. The Morgan fingerprint density at radius 2 is 1.32 bits per heavy atom. The van der Waals surface area contributed by atoms with E-state index >= 15 is 0 Å². The molecule has 2 aromatic rings. The average molecular weight is 761 g/mol. The number of hydrogen-bond acceptors (Lipinski definition) is 8. The fourth-order valence-corrected chi connectivity index (χ4v) is 9.02. The largest absolute Gasteiger partial charge is 0.453 e. The van der Waals surface area contributed by atoms with Crippen LogP contribution in [0.2, 0.25) is 0 Å². The lowest BCUT2D eigenvalue weighted by Crippen LogP contribution is -2.54. The number of ether oxygens (including phenoxy) is 2. The minimum atomic E-state index is -0.658. The van der Waals surface area contributed by atoms with E-state index in [9.17, 15) is 19.2 Å². The maximum Gasteiger partial charge on any atom is 0.425 e. The second-order valence-electron chi connectivity index (χ2n) is 16.0. The van der Waals surface area contributed by atoms with Crippen LogP contribution in [0.3, 0.4) is 0 Å². The van der Waals surface area contributed by atoms with Crippen molar-refractivity contribution in [3.63, 3.8) is 0 Å². The molecule has 56 heavy (non-hydrogen) atoms. The summed E-state index contributed by atoms with van der Waals surface area (Å²) in [7, 11) is 2.59. The summed E-state index contributed by atoms with van der Waals surface area (Å²) < 4.78 is 9.56. The highest BCUT2D eigenvalue weighted by Crippen LogP contribution is 2.51. The number of carbonyl (C=O) groups excluding carboxylic acids is 4. The molecular weight excluding hydrogens is 709 g/mol. The molecule has 12 nitrogen and oxygen atoms in total. The molecule has 0 radical (unpaired) electrons. The van der Waals surface area contributed by atoms with Crippen molar-refractivity contribution >= 4 is 46.6 Å². The molecule has 1 saturated carbocycles. The van der Waals surface area contributed by atoms with Crippen molar-refractivity contribution in [3.8, 4) is 11.1 Å². The van der Waals surface area contributed by atoms with Crippen LogP contribution in [0, 0.1) is 29.6 Å². The minimum Gasteiger partial charge on any atom is -0.453 e. The molecule has 0 spiro atoms. The molecule has 3 heterocycles. The van der Waals surface area contributed by atoms with Crippen LogP contribution in [0.1, 0.15) is 70.9 Å². The molecule has 6 atom stereocenters. The summed E-state index contributed by atoms with van der Waals surface area (Å²) in [6.45, 7) is 8.23. The monoisotopic (exact) mass is 760 g/mol. The fourth-order valence-electron chi connectivity index (χ4n) is 9.02. The molecule has 2 N–H and O–H groups in total. The first-order chi connectivity index (χ1) is 27.0. The summed E-state index contributed by atoms with van der Waals surface area (Å²) in [4.78, 5) is 63.1. The van der Waals surface area contributed by atoms with Crippen LogP contribution >= 0.6 is 0 Å². The van der Waals surface area contributed by atoms with E-state index in [1.54, 1.807) is 0 Å². The van der Waals surface area contributed by atoms with Crippen molar-refractivity contribution in [2.24, 2.45) is 39.6 Å². The highest BCUT2D eigenvalue weighted by atomic mass is 16.5. The van der Waals surface area contributed by atoms with Gasteiger partial charge in [0.25, 0.3) is 0 Å². The number of nitrogens with zero attached hydrogens (tertiary/aromatic N) is 4. The molecule has 3 unspecified atom stereocenters. The SMILES string of the molecule is COC(=O)N[C@H](C(=O)N1CCC[C@H]1C1=NC=C(c2ccc(-c3ccc(C4=CN=C([C@H]5C6C=CC(C6)C5C(=O)N(NC(=O)OC)C(C)C)C4)cc3)cc2)C1)C(C)C. The maximum absolute atomic E-state index is 13.9. The van der Waals surface area contributed by atoms with E-state index < -0.39 is 18.2 Å². The number of methoxy groups -OCH3 is 2. The number of allylic oxidation sites excluding steroid dienone is 4. The van der Waals surface area contributed by atoms with E-state index in [1.165, 1.54) is 19.2 Å². The number of amides is 4. The van der Waals surface area contributed by atoms with E-state index in [2.05, 4.69) is 71.4 Å². The van der Waals surface area contributed by atoms with Crippen LogP contribution in [0.5, 0.6) is 0 Å². The molecule has 2 fully saturated rings. The van der Waals surface area contributed by atoms with Gasteiger partial charge in [0, 0.05) is 55.2 Å². The molecule has 0 aromatic heterocycles. The lowest BCUT2D eigenvalue weighted by molar-refractivity contribution is -0.142. The molecule has 3 aliphatic heterocycles. The molecule has 294 valence electrons. The zero-order chi connectivity index (χ0) is 39.7. The Bertz CT molecular complexity index is 2010. The molecular formula is C44H52N6O6.